The standard InChI is InChI=1S/C24H42O5S/c1-3-4-5-6-7-8-9-10-11-12-13-14-15-16-17-20(2)21-18-23(26)24(19-22(21)25)30(27,28)29/h18-20,25-26H,3-17H2,1-2H3,(H,27,28,29). The molecular weight excluding hydrogens is 400 g/mol. The second kappa shape index (κ2) is 14.7. The van der Waals surface area contributed by atoms with Crippen LogP contribution < -0.4 is 0 Å². The van der Waals surface area contributed by atoms with Gasteiger partial charge in [-0.1, -0.05) is 104 Å². The van der Waals surface area contributed by atoms with Crippen molar-refractivity contribution in [3.8, 4) is 11.5 Å². The van der Waals surface area contributed by atoms with E-state index in [-0.39, 0.29) is 11.7 Å². The van der Waals surface area contributed by atoms with E-state index >= 15 is 0 Å². The van der Waals surface area contributed by atoms with Gasteiger partial charge in [-0.3, -0.25) is 4.55 Å². The summed E-state index contributed by atoms with van der Waals surface area (Å²) >= 11 is 0. The molecule has 0 radical (unpaired) electrons. The fourth-order valence-electron chi connectivity index (χ4n) is 3.98. The van der Waals surface area contributed by atoms with Crippen molar-refractivity contribution < 1.29 is 23.2 Å². The summed E-state index contributed by atoms with van der Waals surface area (Å²) in [7, 11) is -4.55. The highest BCUT2D eigenvalue weighted by Gasteiger charge is 2.20. The molecule has 174 valence electrons. The van der Waals surface area contributed by atoms with Gasteiger partial charge in [0.25, 0.3) is 10.1 Å². The zero-order chi connectivity index (χ0) is 22.4. The van der Waals surface area contributed by atoms with Crippen LogP contribution >= 0.6 is 0 Å². The SMILES string of the molecule is CCCCCCCCCCCCCCCCC(C)c1cc(O)c(S(=O)(=O)O)cc1O. The highest BCUT2D eigenvalue weighted by molar-refractivity contribution is 7.86. The van der Waals surface area contributed by atoms with Crippen LogP contribution in [0.3, 0.4) is 0 Å². The molecule has 1 rings (SSSR count). The maximum absolute atomic E-state index is 11.2. The number of benzene rings is 1. The third-order valence-corrected chi connectivity index (χ3v) is 6.79. The average Bonchev–Trinajstić information content (AvgIpc) is 2.68. The molecule has 1 aromatic carbocycles. The number of hydrogen-bond acceptors (Lipinski definition) is 4. The van der Waals surface area contributed by atoms with E-state index in [2.05, 4.69) is 6.92 Å². The van der Waals surface area contributed by atoms with E-state index in [0.29, 0.717) is 5.56 Å². The zero-order valence-electron chi connectivity index (χ0n) is 18.9. The first-order valence-electron chi connectivity index (χ1n) is 11.8. The molecule has 0 aliphatic heterocycles. The number of hydrogen-bond donors (Lipinski definition) is 3. The Morgan fingerprint density at radius 2 is 1.17 bits per heavy atom. The molecule has 0 bridgehead atoms. The fourth-order valence-corrected chi connectivity index (χ4v) is 4.56. The Morgan fingerprint density at radius 3 is 1.60 bits per heavy atom. The second-order valence-corrected chi connectivity index (χ2v) is 10.0. The first-order chi connectivity index (χ1) is 14.3. The molecular formula is C24H42O5S. The summed E-state index contributed by atoms with van der Waals surface area (Å²) in [6, 6.07) is 2.16. The van der Waals surface area contributed by atoms with Crippen LogP contribution in [0, 0.1) is 0 Å². The molecule has 0 amide bonds. The molecule has 0 aromatic heterocycles. The van der Waals surface area contributed by atoms with Crippen LogP contribution in [-0.2, 0) is 10.1 Å². The Kier molecular flexibility index (Phi) is 13.1. The largest absolute Gasteiger partial charge is 0.508 e. The van der Waals surface area contributed by atoms with Crippen molar-refractivity contribution in [3.05, 3.63) is 17.7 Å². The van der Waals surface area contributed by atoms with Gasteiger partial charge < -0.3 is 10.2 Å². The van der Waals surface area contributed by atoms with Crippen molar-refractivity contribution in [2.75, 3.05) is 0 Å². The number of phenolic OH excluding ortho intramolecular Hbond substituents is 2. The summed E-state index contributed by atoms with van der Waals surface area (Å²) in [5, 5.41) is 19.9. The quantitative estimate of drug-likeness (QED) is 0.133. The minimum absolute atomic E-state index is 0.00340. The Bertz CT molecular complexity index is 700. The van der Waals surface area contributed by atoms with Crippen molar-refractivity contribution in [3.63, 3.8) is 0 Å². The lowest BCUT2D eigenvalue weighted by Crippen LogP contribution is -2.01. The lowest BCUT2D eigenvalue weighted by Gasteiger charge is -2.15. The number of phenols is 2. The number of rotatable bonds is 17. The van der Waals surface area contributed by atoms with Crippen LogP contribution in [0.1, 0.15) is 122 Å². The van der Waals surface area contributed by atoms with Gasteiger partial charge in [0.2, 0.25) is 0 Å². The summed E-state index contributed by atoms with van der Waals surface area (Å²) < 4.78 is 31.5. The second-order valence-electron chi connectivity index (χ2n) is 8.64. The van der Waals surface area contributed by atoms with E-state index in [4.69, 9.17) is 4.55 Å². The molecule has 0 saturated heterocycles. The molecule has 0 fully saturated rings. The van der Waals surface area contributed by atoms with Gasteiger partial charge in [-0.25, -0.2) is 0 Å². The predicted octanol–water partition coefficient (Wildman–Crippen LogP) is 7.32. The zero-order valence-corrected chi connectivity index (χ0v) is 19.7. The highest BCUT2D eigenvalue weighted by atomic mass is 32.2. The summed E-state index contributed by atoms with van der Waals surface area (Å²) in [5.74, 6) is -0.736. The lowest BCUT2D eigenvalue weighted by atomic mass is 9.93. The first kappa shape index (κ1) is 26.8. The van der Waals surface area contributed by atoms with Crippen molar-refractivity contribution in [2.45, 2.75) is 121 Å². The summed E-state index contributed by atoms with van der Waals surface area (Å²) in [5.41, 5.74) is 0.509. The van der Waals surface area contributed by atoms with E-state index in [9.17, 15) is 18.6 Å². The summed E-state index contributed by atoms with van der Waals surface area (Å²) in [6.45, 7) is 4.20. The number of aromatic hydroxyl groups is 2. The molecule has 0 saturated carbocycles. The van der Waals surface area contributed by atoms with Crippen molar-refractivity contribution in [2.24, 2.45) is 0 Å². The van der Waals surface area contributed by atoms with Gasteiger partial charge in [0.1, 0.15) is 16.4 Å². The van der Waals surface area contributed by atoms with Gasteiger partial charge in [-0.2, -0.15) is 8.42 Å². The van der Waals surface area contributed by atoms with Gasteiger partial charge in [-0.15, -0.1) is 0 Å². The fraction of sp³-hybridized carbons (Fsp3) is 0.750. The topological polar surface area (TPSA) is 94.8 Å². The van der Waals surface area contributed by atoms with Crippen LogP contribution in [0.25, 0.3) is 0 Å². The summed E-state index contributed by atoms with van der Waals surface area (Å²) in [6.07, 6.45) is 19.1. The monoisotopic (exact) mass is 442 g/mol. The third kappa shape index (κ3) is 10.7. The van der Waals surface area contributed by atoms with Crippen LogP contribution in [0.2, 0.25) is 0 Å². The number of unbranched alkanes of at least 4 members (excludes halogenated alkanes) is 13. The molecule has 1 atom stereocenters. The molecule has 30 heavy (non-hydrogen) atoms. The molecule has 3 N–H and O–H groups in total. The van der Waals surface area contributed by atoms with Crippen LogP contribution in [0.15, 0.2) is 17.0 Å². The van der Waals surface area contributed by atoms with Gasteiger partial charge >= 0.3 is 0 Å². The maximum atomic E-state index is 11.2. The van der Waals surface area contributed by atoms with E-state index < -0.39 is 20.8 Å². The minimum Gasteiger partial charge on any atom is -0.508 e. The first-order valence-corrected chi connectivity index (χ1v) is 13.2. The van der Waals surface area contributed by atoms with Gasteiger partial charge in [0.05, 0.1) is 0 Å². The Labute approximate surface area is 183 Å². The lowest BCUT2D eigenvalue weighted by molar-refractivity contribution is 0.424. The Morgan fingerprint density at radius 1 is 0.733 bits per heavy atom. The van der Waals surface area contributed by atoms with E-state index in [1.807, 2.05) is 6.92 Å². The Hall–Kier alpha value is -1.27. The van der Waals surface area contributed by atoms with Crippen molar-refractivity contribution >= 4 is 10.1 Å². The predicted molar refractivity (Wildman–Crippen MR) is 123 cm³/mol. The molecule has 0 aliphatic rings. The molecule has 1 aromatic rings. The summed E-state index contributed by atoms with van der Waals surface area (Å²) in [4.78, 5) is -0.660. The van der Waals surface area contributed by atoms with Crippen LogP contribution in [0.4, 0.5) is 0 Å². The average molecular weight is 443 g/mol. The van der Waals surface area contributed by atoms with Crippen molar-refractivity contribution in [1.29, 1.82) is 0 Å². The molecule has 6 heteroatoms. The smallest absolute Gasteiger partial charge is 0.298 e. The van der Waals surface area contributed by atoms with Gasteiger partial charge in [0, 0.05) is 11.6 Å². The van der Waals surface area contributed by atoms with E-state index in [1.165, 1.54) is 83.1 Å². The maximum Gasteiger partial charge on any atom is 0.298 e. The van der Waals surface area contributed by atoms with Crippen LogP contribution in [-0.4, -0.2) is 23.2 Å². The normalized spacial score (nSPS) is 12.9. The van der Waals surface area contributed by atoms with Gasteiger partial charge in [0.15, 0.2) is 0 Å². The molecule has 0 heterocycles. The Balaban J connectivity index is 2.13. The minimum atomic E-state index is -4.55. The third-order valence-electron chi connectivity index (χ3n) is 5.91. The van der Waals surface area contributed by atoms with Crippen molar-refractivity contribution in [1.82, 2.24) is 0 Å². The van der Waals surface area contributed by atoms with E-state index in [0.717, 1.165) is 25.3 Å². The molecule has 0 aliphatic carbocycles. The van der Waals surface area contributed by atoms with Crippen LogP contribution in [0.5, 0.6) is 11.5 Å². The van der Waals surface area contributed by atoms with Gasteiger partial charge in [-0.05, 0) is 18.4 Å². The highest BCUT2D eigenvalue weighted by Crippen LogP contribution is 2.36. The van der Waals surface area contributed by atoms with E-state index in [1.54, 1.807) is 0 Å². The molecule has 0 spiro atoms. The molecule has 5 nitrogen and oxygen atoms in total. The molecule has 1 unspecified atom stereocenters.